The van der Waals surface area contributed by atoms with Crippen molar-refractivity contribution in [3.05, 3.63) is 47.3 Å². The van der Waals surface area contributed by atoms with Gasteiger partial charge in [-0.2, -0.15) is 0 Å². The number of piperidine rings is 1. The molecule has 12 nitrogen and oxygen atoms in total. The van der Waals surface area contributed by atoms with Crippen molar-refractivity contribution in [2.24, 2.45) is 5.92 Å². The van der Waals surface area contributed by atoms with Crippen LogP contribution in [0.25, 0.3) is 0 Å². The summed E-state index contributed by atoms with van der Waals surface area (Å²) in [5.74, 6) is -0.744. The summed E-state index contributed by atoms with van der Waals surface area (Å²) in [7, 11) is 0. The lowest BCUT2D eigenvalue weighted by Crippen LogP contribution is -2.54. The summed E-state index contributed by atoms with van der Waals surface area (Å²) in [6.45, 7) is 4.51. The van der Waals surface area contributed by atoms with E-state index >= 15 is 0 Å². The molecular weight excluding hydrogens is 604 g/mol. The Morgan fingerprint density at radius 1 is 0.957 bits per heavy atom. The molecule has 0 spiro atoms. The summed E-state index contributed by atoms with van der Waals surface area (Å²) in [6.07, 6.45) is 1.57. The van der Waals surface area contributed by atoms with Crippen molar-refractivity contribution in [1.29, 1.82) is 0 Å². The molecule has 1 amide bonds. The predicted octanol–water partition coefficient (Wildman–Crippen LogP) is 0.515. The predicted molar refractivity (Wildman–Crippen MR) is 165 cm³/mol. The summed E-state index contributed by atoms with van der Waals surface area (Å²) in [4.78, 5) is 27.2. The second-order valence-electron chi connectivity index (χ2n) is 12.2. The number of amides is 1. The number of aliphatic hydroxyl groups excluding tert-OH is 5. The molecule has 1 aromatic heterocycles. The number of carbonyl (C=O) groups excluding carboxylic acids is 1. The van der Waals surface area contributed by atoms with Gasteiger partial charge in [-0.25, -0.2) is 18.7 Å². The number of β-amino-alcohol motifs (C(OH)–C–C–N with tert-alkyl or cyclic N) is 1. The highest BCUT2D eigenvalue weighted by Crippen LogP contribution is 2.26. The molecule has 4 rings (SSSR count). The zero-order valence-electron chi connectivity index (χ0n) is 26.3. The van der Waals surface area contributed by atoms with Gasteiger partial charge in [0.2, 0.25) is 11.9 Å². The molecule has 1 aromatic carbocycles. The molecule has 46 heavy (non-hydrogen) atoms. The number of benzene rings is 1. The van der Waals surface area contributed by atoms with Crippen LogP contribution in [0.3, 0.4) is 0 Å². The Labute approximate surface area is 268 Å². The number of carbonyl (C=O) groups is 1. The maximum absolute atomic E-state index is 14.9. The van der Waals surface area contributed by atoms with Crippen LogP contribution < -0.4 is 9.64 Å². The Hall–Kier alpha value is -3.01. The molecule has 2 aromatic rings. The molecule has 0 saturated carbocycles. The number of rotatable bonds is 15. The van der Waals surface area contributed by atoms with Crippen molar-refractivity contribution in [3.8, 4) is 5.75 Å². The molecular formula is C32H47F2N5O7. The number of anilines is 1. The number of hydrogen-bond donors (Lipinski definition) is 5. The molecule has 0 bridgehead atoms. The number of ether oxygens (including phenoxy) is 1. The Kier molecular flexibility index (Phi) is 13.4. The smallest absolute Gasteiger partial charge is 0.227 e. The molecule has 14 heteroatoms. The second kappa shape index (κ2) is 17.2. The molecule has 3 heterocycles. The van der Waals surface area contributed by atoms with Crippen LogP contribution in [0.2, 0.25) is 0 Å². The van der Waals surface area contributed by atoms with Crippen molar-refractivity contribution in [2.45, 2.75) is 69.9 Å². The van der Waals surface area contributed by atoms with Crippen molar-refractivity contribution < 1.29 is 43.8 Å². The first kappa shape index (κ1) is 35.8. The summed E-state index contributed by atoms with van der Waals surface area (Å²) in [6, 6.07) is 2.22. The van der Waals surface area contributed by atoms with E-state index in [9.17, 15) is 34.0 Å². The van der Waals surface area contributed by atoms with E-state index in [1.807, 2.05) is 12.4 Å². The SMILES string of the molecule is CCc1cnc(N2CCC(CCCOc3cc(F)c(CC(=O)N4CCN(C[C@H](O)[C@@H](O)[C@H](O)[C@H](O)CO)CC4)c(F)c3)CC2)nc1. The van der Waals surface area contributed by atoms with Crippen LogP contribution in [0.5, 0.6) is 5.75 Å². The van der Waals surface area contributed by atoms with Gasteiger partial charge in [0.15, 0.2) is 0 Å². The Bertz CT molecular complexity index is 1220. The average molecular weight is 652 g/mol. The molecule has 256 valence electrons. The van der Waals surface area contributed by atoms with Crippen molar-refractivity contribution >= 4 is 11.9 Å². The summed E-state index contributed by atoms with van der Waals surface area (Å²) in [5.41, 5.74) is 0.790. The van der Waals surface area contributed by atoms with E-state index in [1.54, 1.807) is 4.90 Å². The second-order valence-corrected chi connectivity index (χ2v) is 12.2. The molecule has 0 unspecified atom stereocenters. The number of aliphatic hydroxyl groups is 5. The first-order valence-corrected chi connectivity index (χ1v) is 16.1. The lowest BCUT2D eigenvalue weighted by molar-refractivity contribution is -0.134. The Morgan fingerprint density at radius 2 is 1.57 bits per heavy atom. The van der Waals surface area contributed by atoms with Gasteiger partial charge < -0.3 is 40.1 Å². The van der Waals surface area contributed by atoms with E-state index in [1.165, 1.54) is 4.90 Å². The zero-order valence-corrected chi connectivity index (χ0v) is 26.3. The fourth-order valence-corrected chi connectivity index (χ4v) is 5.89. The van der Waals surface area contributed by atoms with Crippen LogP contribution in [0.15, 0.2) is 24.5 Å². The minimum absolute atomic E-state index is 0.0358. The van der Waals surface area contributed by atoms with Gasteiger partial charge in [0, 0.05) is 75.9 Å². The third kappa shape index (κ3) is 9.75. The largest absolute Gasteiger partial charge is 0.493 e. The molecule has 4 atom stereocenters. The first-order valence-electron chi connectivity index (χ1n) is 16.1. The molecule has 2 saturated heterocycles. The van der Waals surface area contributed by atoms with Crippen LogP contribution in [-0.4, -0.2) is 135 Å². The van der Waals surface area contributed by atoms with Crippen LogP contribution >= 0.6 is 0 Å². The van der Waals surface area contributed by atoms with Gasteiger partial charge in [0.05, 0.1) is 25.7 Å². The Morgan fingerprint density at radius 3 is 2.15 bits per heavy atom. The van der Waals surface area contributed by atoms with E-state index in [4.69, 9.17) is 9.84 Å². The maximum atomic E-state index is 14.9. The van der Waals surface area contributed by atoms with Gasteiger partial charge in [-0.05, 0) is 43.6 Å². The quantitative estimate of drug-likeness (QED) is 0.171. The molecule has 2 aliphatic heterocycles. The fourth-order valence-electron chi connectivity index (χ4n) is 5.89. The lowest BCUT2D eigenvalue weighted by atomic mass is 9.92. The fraction of sp³-hybridized carbons (Fsp3) is 0.656. The molecule has 0 radical (unpaired) electrons. The summed E-state index contributed by atoms with van der Waals surface area (Å²) >= 11 is 0. The van der Waals surface area contributed by atoms with E-state index < -0.39 is 55.0 Å². The maximum Gasteiger partial charge on any atom is 0.227 e. The third-order valence-corrected chi connectivity index (χ3v) is 8.96. The van der Waals surface area contributed by atoms with Gasteiger partial charge in [0.1, 0.15) is 35.7 Å². The van der Waals surface area contributed by atoms with E-state index in [-0.39, 0.29) is 30.9 Å². The van der Waals surface area contributed by atoms with Gasteiger partial charge in [0.25, 0.3) is 0 Å². The lowest BCUT2D eigenvalue weighted by Gasteiger charge is -2.37. The van der Waals surface area contributed by atoms with Gasteiger partial charge >= 0.3 is 0 Å². The highest BCUT2D eigenvalue weighted by Gasteiger charge is 2.32. The van der Waals surface area contributed by atoms with Gasteiger partial charge in [-0.1, -0.05) is 6.92 Å². The molecule has 2 aliphatic rings. The van der Waals surface area contributed by atoms with Crippen molar-refractivity contribution in [3.63, 3.8) is 0 Å². The van der Waals surface area contributed by atoms with Crippen LogP contribution in [0, 0.1) is 17.6 Å². The standard InChI is InChI=1S/C32H47F2N5O7/c1-2-21-17-35-32(36-18-21)39-7-5-22(6-8-39)4-3-13-46-23-14-25(33)24(26(34)15-23)16-29(43)38-11-9-37(10-12-38)19-27(41)30(44)31(45)28(42)20-40/h14-15,17-18,22,27-28,30-31,40-42,44-45H,2-13,16,19-20H2,1H3/t27-,28+,30+,31+/m0/s1. The van der Waals surface area contributed by atoms with E-state index in [2.05, 4.69) is 21.8 Å². The minimum atomic E-state index is -1.72. The van der Waals surface area contributed by atoms with E-state index in [0.717, 1.165) is 68.8 Å². The number of halogens is 2. The number of aryl methyl sites for hydroxylation is 1. The van der Waals surface area contributed by atoms with Crippen molar-refractivity contribution in [1.82, 2.24) is 19.8 Å². The number of nitrogens with zero attached hydrogens (tertiary/aromatic N) is 5. The highest BCUT2D eigenvalue weighted by molar-refractivity contribution is 5.79. The first-order chi connectivity index (χ1) is 22.1. The number of hydrogen-bond acceptors (Lipinski definition) is 11. The van der Waals surface area contributed by atoms with Gasteiger partial charge in [-0.3, -0.25) is 9.69 Å². The van der Waals surface area contributed by atoms with E-state index in [0.29, 0.717) is 25.6 Å². The average Bonchev–Trinajstić information content (AvgIpc) is 3.07. The highest BCUT2D eigenvalue weighted by atomic mass is 19.1. The molecule has 5 N–H and O–H groups in total. The summed E-state index contributed by atoms with van der Waals surface area (Å²) in [5, 5.41) is 48.4. The van der Waals surface area contributed by atoms with Gasteiger partial charge in [-0.15, -0.1) is 0 Å². The summed E-state index contributed by atoms with van der Waals surface area (Å²) < 4.78 is 35.4. The molecule has 0 aliphatic carbocycles. The zero-order chi connectivity index (χ0) is 33.2. The monoisotopic (exact) mass is 651 g/mol. The van der Waals surface area contributed by atoms with Crippen LogP contribution in [-0.2, 0) is 17.6 Å². The third-order valence-electron chi connectivity index (χ3n) is 8.96. The normalized spacial score (nSPS) is 19.1. The van der Waals surface area contributed by atoms with Crippen molar-refractivity contribution in [2.75, 3.05) is 63.9 Å². The number of piperazine rings is 1. The van der Waals surface area contributed by atoms with Crippen LogP contribution in [0.4, 0.5) is 14.7 Å². The molecule has 2 fully saturated rings. The Balaban J connectivity index is 1.16. The van der Waals surface area contributed by atoms with Crippen LogP contribution in [0.1, 0.15) is 43.7 Å². The minimum Gasteiger partial charge on any atom is -0.493 e. The topological polar surface area (TPSA) is 163 Å². The number of aromatic nitrogens is 2.